The number of piperazine rings is 1. The topological polar surface area (TPSA) is 18.5 Å². The van der Waals surface area contributed by atoms with Crippen LogP contribution in [0.5, 0.6) is 0 Å². The van der Waals surface area contributed by atoms with E-state index in [2.05, 4.69) is 52.5 Å². The molecule has 2 fully saturated rings. The second-order valence-electron chi connectivity index (χ2n) is 6.20. The molecular formula is C17H27N3. The summed E-state index contributed by atoms with van der Waals surface area (Å²) in [6.45, 7) is 6.19. The normalized spacial score (nSPS) is 26.1. The van der Waals surface area contributed by atoms with Gasteiger partial charge in [-0.1, -0.05) is 36.8 Å². The van der Waals surface area contributed by atoms with Crippen LogP contribution in [-0.4, -0.2) is 55.6 Å². The van der Waals surface area contributed by atoms with Crippen molar-refractivity contribution in [3.63, 3.8) is 0 Å². The van der Waals surface area contributed by atoms with Crippen LogP contribution in [0.25, 0.3) is 0 Å². The van der Waals surface area contributed by atoms with Gasteiger partial charge in [0, 0.05) is 38.3 Å². The van der Waals surface area contributed by atoms with Crippen molar-refractivity contribution in [2.75, 3.05) is 39.8 Å². The molecule has 3 nitrogen and oxygen atoms in total. The highest BCUT2D eigenvalue weighted by Gasteiger charge is 2.29. The summed E-state index contributed by atoms with van der Waals surface area (Å²) in [7, 11) is 2.08. The second-order valence-corrected chi connectivity index (χ2v) is 6.20. The number of hydrogen-bond donors (Lipinski definition) is 1. The first-order valence-corrected chi connectivity index (χ1v) is 8.05. The lowest BCUT2D eigenvalue weighted by Gasteiger charge is -2.44. The maximum atomic E-state index is 3.48. The first-order valence-electron chi connectivity index (χ1n) is 8.05. The van der Waals surface area contributed by atoms with E-state index in [1.807, 2.05) is 0 Å². The summed E-state index contributed by atoms with van der Waals surface area (Å²) in [5.74, 6) is 0. The van der Waals surface area contributed by atoms with Gasteiger partial charge in [0.1, 0.15) is 0 Å². The summed E-state index contributed by atoms with van der Waals surface area (Å²) >= 11 is 0. The molecule has 110 valence electrons. The largest absolute Gasteiger partial charge is 0.312 e. The zero-order valence-corrected chi connectivity index (χ0v) is 12.6. The minimum Gasteiger partial charge on any atom is -0.312 e. The van der Waals surface area contributed by atoms with E-state index in [1.54, 1.807) is 0 Å². The average Bonchev–Trinajstić information content (AvgIpc) is 2.53. The Balaban J connectivity index is 1.59. The Hall–Kier alpha value is -0.900. The molecule has 3 heteroatoms. The lowest BCUT2D eigenvalue weighted by atomic mass is 9.98. The predicted molar refractivity (Wildman–Crippen MR) is 83.9 cm³/mol. The third-order valence-corrected chi connectivity index (χ3v) is 4.91. The fourth-order valence-corrected chi connectivity index (χ4v) is 3.69. The quantitative estimate of drug-likeness (QED) is 0.906. The molecular weight excluding hydrogens is 246 g/mol. The summed E-state index contributed by atoms with van der Waals surface area (Å²) in [6.07, 6.45) is 4.22. The molecule has 2 aliphatic heterocycles. The molecule has 1 N–H and O–H groups in total. The minimum absolute atomic E-state index is 0.450. The van der Waals surface area contributed by atoms with Gasteiger partial charge >= 0.3 is 0 Å². The van der Waals surface area contributed by atoms with Crippen LogP contribution in [-0.2, 0) is 0 Å². The molecule has 1 aromatic rings. The molecule has 0 bridgehead atoms. The molecule has 0 radical (unpaired) electrons. The van der Waals surface area contributed by atoms with Crippen LogP contribution >= 0.6 is 0 Å². The molecule has 0 amide bonds. The summed E-state index contributed by atoms with van der Waals surface area (Å²) in [6, 6.07) is 12.1. The van der Waals surface area contributed by atoms with Crippen molar-refractivity contribution in [2.45, 2.75) is 31.3 Å². The van der Waals surface area contributed by atoms with Gasteiger partial charge in [0.05, 0.1) is 0 Å². The first kappa shape index (κ1) is 14.1. The molecule has 2 saturated heterocycles. The Kier molecular flexibility index (Phi) is 4.71. The van der Waals surface area contributed by atoms with Crippen molar-refractivity contribution in [1.29, 1.82) is 0 Å². The van der Waals surface area contributed by atoms with Crippen molar-refractivity contribution in [1.82, 2.24) is 15.1 Å². The van der Waals surface area contributed by atoms with Gasteiger partial charge in [-0.05, 0) is 32.0 Å². The van der Waals surface area contributed by atoms with E-state index in [9.17, 15) is 0 Å². The fraction of sp³-hybridized carbons (Fsp3) is 0.647. The Bertz CT molecular complexity index is 406. The molecule has 2 atom stereocenters. The van der Waals surface area contributed by atoms with Gasteiger partial charge < -0.3 is 5.32 Å². The SMILES string of the molecule is CNC(CN1CCN2CCCCC2C1)c1ccccc1. The van der Waals surface area contributed by atoms with E-state index in [4.69, 9.17) is 0 Å². The molecule has 0 spiro atoms. The van der Waals surface area contributed by atoms with Crippen molar-refractivity contribution in [2.24, 2.45) is 0 Å². The molecule has 2 unspecified atom stereocenters. The zero-order chi connectivity index (χ0) is 13.8. The Labute approximate surface area is 123 Å². The predicted octanol–water partition coefficient (Wildman–Crippen LogP) is 2.12. The van der Waals surface area contributed by atoms with E-state index >= 15 is 0 Å². The fourth-order valence-electron chi connectivity index (χ4n) is 3.69. The first-order chi connectivity index (χ1) is 9.86. The lowest BCUT2D eigenvalue weighted by molar-refractivity contribution is 0.0451. The number of piperidine rings is 1. The van der Waals surface area contributed by atoms with Gasteiger partial charge in [-0.3, -0.25) is 9.80 Å². The average molecular weight is 273 g/mol. The van der Waals surface area contributed by atoms with Crippen molar-refractivity contribution < 1.29 is 0 Å². The number of benzene rings is 1. The summed E-state index contributed by atoms with van der Waals surface area (Å²) in [5, 5.41) is 3.48. The monoisotopic (exact) mass is 273 g/mol. The molecule has 0 aromatic heterocycles. The number of likely N-dealkylation sites (N-methyl/N-ethyl adjacent to an activating group) is 1. The number of nitrogens with zero attached hydrogens (tertiary/aromatic N) is 2. The highest BCUT2D eigenvalue weighted by atomic mass is 15.3. The van der Waals surface area contributed by atoms with Crippen LogP contribution in [0.1, 0.15) is 30.9 Å². The van der Waals surface area contributed by atoms with E-state index in [0.717, 1.165) is 12.6 Å². The summed E-state index contributed by atoms with van der Waals surface area (Å²) in [4.78, 5) is 5.36. The van der Waals surface area contributed by atoms with Crippen molar-refractivity contribution in [3.8, 4) is 0 Å². The number of hydrogen-bond acceptors (Lipinski definition) is 3. The Morgan fingerprint density at radius 1 is 1.15 bits per heavy atom. The smallest absolute Gasteiger partial charge is 0.0446 e. The minimum atomic E-state index is 0.450. The molecule has 0 saturated carbocycles. The maximum Gasteiger partial charge on any atom is 0.0446 e. The zero-order valence-electron chi connectivity index (χ0n) is 12.6. The molecule has 0 aliphatic carbocycles. The second kappa shape index (κ2) is 6.70. The van der Waals surface area contributed by atoms with Crippen LogP contribution in [0.2, 0.25) is 0 Å². The van der Waals surface area contributed by atoms with Gasteiger partial charge in [0.25, 0.3) is 0 Å². The summed E-state index contributed by atoms with van der Waals surface area (Å²) < 4.78 is 0. The maximum absolute atomic E-state index is 3.48. The standard InChI is InChI=1S/C17H27N3/c1-18-17(15-7-3-2-4-8-15)14-19-11-12-20-10-6-5-9-16(20)13-19/h2-4,7-8,16-18H,5-6,9-14H2,1H3. The third kappa shape index (κ3) is 3.22. The van der Waals surface area contributed by atoms with Gasteiger partial charge in [-0.2, -0.15) is 0 Å². The van der Waals surface area contributed by atoms with Crippen LogP contribution in [0.3, 0.4) is 0 Å². The number of rotatable bonds is 4. The molecule has 2 aliphatic rings. The van der Waals surface area contributed by atoms with Crippen LogP contribution in [0.4, 0.5) is 0 Å². The highest BCUT2D eigenvalue weighted by Crippen LogP contribution is 2.22. The van der Waals surface area contributed by atoms with E-state index in [1.165, 1.54) is 51.0 Å². The third-order valence-electron chi connectivity index (χ3n) is 4.91. The van der Waals surface area contributed by atoms with Crippen molar-refractivity contribution >= 4 is 0 Å². The number of fused-ring (bicyclic) bond motifs is 1. The highest BCUT2D eigenvalue weighted by molar-refractivity contribution is 5.19. The van der Waals surface area contributed by atoms with Crippen LogP contribution < -0.4 is 5.32 Å². The van der Waals surface area contributed by atoms with Crippen LogP contribution in [0, 0.1) is 0 Å². The Morgan fingerprint density at radius 2 is 2.00 bits per heavy atom. The summed E-state index contributed by atoms with van der Waals surface area (Å²) in [5.41, 5.74) is 1.40. The van der Waals surface area contributed by atoms with Crippen LogP contribution in [0.15, 0.2) is 30.3 Å². The van der Waals surface area contributed by atoms with Gasteiger partial charge in [-0.15, -0.1) is 0 Å². The number of nitrogens with one attached hydrogen (secondary N) is 1. The molecule has 20 heavy (non-hydrogen) atoms. The van der Waals surface area contributed by atoms with E-state index < -0.39 is 0 Å². The van der Waals surface area contributed by atoms with Gasteiger partial charge in [0.2, 0.25) is 0 Å². The molecule has 1 aromatic carbocycles. The van der Waals surface area contributed by atoms with E-state index in [-0.39, 0.29) is 0 Å². The Morgan fingerprint density at radius 3 is 2.80 bits per heavy atom. The molecule has 2 heterocycles. The lowest BCUT2D eigenvalue weighted by Crippen LogP contribution is -2.55. The van der Waals surface area contributed by atoms with Crippen molar-refractivity contribution in [3.05, 3.63) is 35.9 Å². The van der Waals surface area contributed by atoms with Gasteiger partial charge in [0.15, 0.2) is 0 Å². The molecule has 3 rings (SSSR count). The van der Waals surface area contributed by atoms with Gasteiger partial charge in [-0.25, -0.2) is 0 Å². The van der Waals surface area contributed by atoms with E-state index in [0.29, 0.717) is 6.04 Å².